The average molecular weight is 414 g/mol. The van der Waals surface area contributed by atoms with Gasteiger partial charge in [0.15, 0.2) is 0 Å². The quantitative estimate of drug-likeness (QED) is 0.715. The average Bonchev–Trinajstić information content (AvgIpc) is 3.06. The molecule has 3 fully saturated rings. The minimum atomic E-state index is 0.247. The van der Waals surface area contributed by atoms with E-state index in [1.165, 1.54) is 24.1 Å². The van der Waals surface area contributed by atoms with E-state index >= 15 is 0 Å². The van der Waals surface area contributed by atoms with Gasteiger partial charge in [0.1, 0.15) is 0 Å². The Labute approximate surface area is 179 Å². The maximum absolute atomic E-state index is 6.50. The largest absolute Gasteiger partial charge is 0.376 e. The third-order valence-corrected chi connectivity index (χ3v) is 7.11. The van der Waals surface area contributed by atoms with Crippen molar-refractivity contribution in [3.05, 3.63) is 29.3 Å². The highest BCUT2D eigenvalue weighted by Gasteiger charge is 2.44. The number of aryl methyl sites for hydroxylation is 1. The molecule has 0 amide bonds. The molecule has 3 aliphatic rings. The Balaban J connectivity index is 1.29. The Morgan fingerprint density at radius 1 is 1.20 bits per heavy atom. The second-order valence-corrected chi connectivity index (χ2v) is 10.0. The summed E-state index contributed by atoms with van der Waals surface area (Å²) < 4.78 is 8.61. The molecule has 0 unspecified atom stereocenters. The first-order valence-corrected chi connectivity index (χ1v) is 11.4. The molecule has 1 saturated heterocycles. The van der Waals surface area contributed by atoms with Crippen LogP contribution in [0.2, 0.25) is 0 Å². The van der Waals surface area contributed by atoms with Crippen LogP contribution in [0.3, 0.4) is 0 Å². The molecule has 8 nitrogen and oxygen atoms in total. The number of likely N-dealkylation sites (tertiary alicyclic amines) is 1. The number of nitrogens with one attached hydrogen (secondary N) is 1. The van der Waals surface area contributed by atoms with Crippen molar-refractivity contribution >= 4 is 0 Å². The van der Waals surface area contributed by atoms with Gasteiger partial charge < -0.3 is 9.64 Å². The molecule has 1 aliphatic heterocycles. The fraction of sp³-hybridized carbons (Fsp3) is 0.773. The highest BCUT2D eigenvalue weighted by atomic mass is 16.5. The summed E-state index contributed by atoms with van der Waals surface area (Å²) in [5.41, 5.74) is 3.53. The van der Waals surface area contributed by atoms with E-state index in [1.54, 1.807) is 0 Å². The van der Waals surface area contributed by atoms with E-state index in [4.69, 9.17) is 4.74 Å². The van der Waals surface area contributed by atoms with Crippen LogP contribution < -0.4 is 0 Å². The fourth-order valence-corrected chi connectivity index (χ4v) is 5.27. The number of H-pyrrole nitrogens is 1. The third-order valence-electron chi connectivity index (χ3n) is 7.11. The Morgan fingerprint density at radius 2 is 2.00 bits per heavy atom. The van der Waals surface area contributed by atoms with Gasteiger partial charge >= 0.3 is 0 Å². The molecule has 8 heteroatoms. The van der Waals surface area contributed by atoms with Crippen molar-refractivity contribution in [3.63, 3.8) is 0 Å². The van der Waals surface area contributed by atoms with Crippen molar-refractivity contribution in [2.75, 3.05) is 33.8 Å². The zero-order valence-corrected chi connectivity index (χ0v) is 18.5. The van der Waals surface area contributed by atoms with Gasteiger partial charge in [-0.25, -0.2) is 4.68 Å². The van der Waals surface area contributed by atoms with Gasteiger partial charge in [-0.2, -0.15) is 5.10 Å². The van der Waals surface area contributed by atoms with Crippen LogP contribution in [0.25, 0.3) is 0 Å². The molecule has 2 aromatic heterocycles. The molecule has 0 bridgehead atoms. The van der Waals surface area contributed by atoms with E-state index in [-0.39, 0.29) is 6.10 Å². The number of hydrogen-bond acceptors (Lipinski definition) is 6. The molecule has 0 aromatic carbocycles. The predicted molar refractivity (Wildman–Crippen MR) is 114 cm³/mol. The lowest BCUT2D eigenvalue weighted by Gasteiger charge is -2.37. The zero-order valence-electron chi connectivity index (χ0n) is 18.5. The molecule has 2 aromatic rings. The van der Waals surface area contributed by atoms with Gasteiger partial charge in [-0.15, -0.1) is 5.10 Å². The molecule has 0 spiro atoms. The predicted octanol–water partition coefficient (Wildman–Crippen LogP) is 2.25. The molecule has 2 saturated carbocycles. The maximum Gasteiger partial charge on any atom is 0.0967 e. The minimum absolute atomic E-state index is 0.247. The molecule has 164 valence electrons. The van der Waals surface area contributed by atoms with Crippen molar-refractivity contribution in [2.45, 2.75) is 57.8 Å². The van der Waals surface area contributed by atoms with Crippen LogP contribution in [0.4, 0.5) is 0 Å². The van der Waals surface area contributed by atoms with Gasteiger partial charge in [0.05, 0.1) is 30.2 Å². The van der Waals surface area contributed by atoms with Crippen molar-refractivity contribution in [2.24, 2.45) is 17.8 Å². The zero-order chi connectivity index (χ0) is 20.7. The van der Waals surface area contributed by atoms with E-state index < -0.39 is 0 Å². The highest BCUT2D eigenvalue weighted by Crippen LogP contribution is 2.43. The third kappa shape index (κ3) is 4.45. The van der Waals surface area contributed by atoms with E-state index in [2.05, 4.69) is 62.2 Å². The lowest BCUT2D eigenvalue weighted by atomic mass is 9.77. The van der Waals surface area contributed by atoms with Crippen molar-refractivity contribution < 1.29 is 4.74 Å². The van der Waals surface area contributed by atoms with E-state index in [0.717, 1.165) is 57.2 Å². The Morgan fingerprint density at radius 3 is 2.70 bits per heavy atom. The van der Waals surface area contributed by atoms with Crippen LogP contribution >= 0.6 is 0 Å². The number of aromatic nitrogens is 5. The number of rotatable bonds is 8. The molecule has 30 heavy (non-hydrogen) atoms. The molecule has 1 N–H and O–H groups in total. The van der Waals surface area contributed by atoms with Gasteiger partial charge in [0, 0.05) is 44.0 Å². The molecule has 4 atom stereocenters. The molecule has 2 aliphatic carbocycles. The highest BCUT2D eigenvalue weighted by molar-refractivity contribution is 5.14. The fourth-order valence-electron chi connectivity index (χ4n) is 5.27. The minimum Gasteiger partial charge on any atom is -0.376 e. The number of ether oxygens (including phenoxy) is 1. The summed E-state index contributed by atoms with van der Waals surface area (Å²) in [6, 6.07) is 0.295. The number of hydrogen-bond donors (Lipinski definition) is 1. The summed E-state index contributed by atoms with van der Waals surface area (Å²) in [6.07, 6.45) is 9.28. The lowest BCUT2D eigenvalue weighted by Crippen LogP contribution is -2.38. The van der Waals surface area contributed by atoms with E-state index in [0.29, 0.717) is 17.9 Å². The van der Waals surface area contributed by atoms with Gasteiger partial charge in [-0.1, -0.05) is 5.21 Å². The topological polar surface area (TPSA) is 75.1 Å². The monoisotopic (exact) mass is 413 g/mol. The molecular weight excluding hydrogens is 378 g/mol. The lowest BCUT2D eigenvalue weighted by molar-refractivity contribution is -0.0375. The summed E-state index contributed by atoms with van der Waals surface area (Å²) in [4.78, 5) is 4.74. The molecule has 0 radical (unpaired) electrons. The number of nitrogens with zero attached hydrogens (tertiary/aromatic N) is 6. The molecule has 5 rings (SSSR count). The Hall–Kier alpha value is -1.77. The summed E-state index contributed by atoms with van der Waals surface area (Å²) in [5, 5.41) is 16.2. The van der Waals surface area contributed by atoms with Crippen LogP contribution in [0.15, 0.2) is 12.4 Å². The van der Waals surface area contributed by atoms with Crippen molar-refractivity contribution in [1.29, 1.82) is 0 Å². The van der Waals surface area contributed by atoms with Gasteiger partial charge in [-0.3, -0.25) is 10.00 Å². The van der Waals surface area contributed by atoms with Crippen molar-refractivity contribution in [1.82, 2.24) is 35.0 Å². The van der Waals surface area contributed by atoms with Gasteiger partial charge in [0.25, 0.3) is 0 Å². The Kier molecular flexibility index (Phi) is 5.64. The van der Waals surface area contributed by atoms with Crippen LogP contribution in [0.1, 0.15) is 48.7 Å². The van der Waals surface area contributed by atoms with Crippen molar-refractivity contribution in [3.8, 4) is 0 Å². The normalized spacial score (nSPS) is 29.6. The van der Waals surface area contributed by atoms with Gasteiger partial charge in [-0.05, 0) is 64.5 Å². The maximum atomic E-state index is 6.50. The van der Waals surface area contributed by atoms with Crippen LogP contribution in [0.5, 0.6) is 0 Å². The van der Waals surface area contributed by atoms with Crippen LogP contribution in [-0.2, 0) is 17.8 Å². The van der Waals surface area contributed by atoms with Crippen LogP contribution in [0, 0.1) is 24.7 Å². The van der Waals surface area contributed by atoms with Gasteiger partial charge in [0.2, 0.25) is 0 Å². The first-order valence-electron chi connectivity index (χ1n) is 11.4. The first-order chi connectivity index (χ1) is 14.5. The summed E-state index contributed by atoms with van der Waals surface area (Å²) in [7, 11) is 4.14. The summed E-state index contributed by atoms with van der Waals surface area (Å²) in [5.74, 6) is 2.19. The number of fused-ring (bicyclic) bond motifs is 1. The second-order valence-electron chi connectivity index (χ2n) is 10.0. The molecular formula is C22H35N7O. The molecule has 3 heterocycles. The van der Waals surface area contributed by atoms with Crippen LogP contribution in [-0.4, -0.2) is 74.9 Å². The summed E-state index contributed by atoms with van der Waals surface area (Å²) in [6.45, 7) is 7.15. The first kappa shape index (κ1) is 20.2. The summed E-state index contributed by atoms with van der Waals surface area (Å²) >= 11 is 0. The van der Waals surface area contributed by atoms with E-state index in [1.807, 2.05) is 6.20 Å². The smallest absolute Gasteiger partial charge is 0.0967 e. The standard InChI is InChI=1S/C22H35N7O/c1-15-19(8-23-24-15)11-28-9-17-6-21(29-13-20(25-26-29)12-27(2)3)22(7-18(17)10-28)30-14-16-4-5-16/h8,13,16-18,21-22H,4-7,9-12,14H2,1-3H3,(H,23,24)/t17-,18+,21-,22-/m1/s1. The SMILES string of the molecule is Cc1[nH]ncc1CN1C[C@H]2C[C@@H](n3cc(CN(C)C)nn3)[C@H](OCC3CC3)C[C@H]2C1. The van der Waals surface area contributed by atoms with E-state index in [9.17, 15) is 0 Å². The second kappa shape index (κ2) is 8.40. The Bertz CT molecular complexity index is 842. The number of aromatic amines is 1.